The first-order chi connectivity index (χ1) is 14.1. The Hall–Kier alpha value is -2.58. The van der Waals surface area contributed by atoms with Crippen molar-refractivity contribution in [2.75, 3.05) is 16.8 Å². The number of nitrogens with zero attached hydrogens (tertiary/aromatic N) is 3. The molecule has 0 radical (unpaired) electrons. The molecule has 3 aromatic rings. The number of aryl methyl sites for hydroxylation is 2. The largest absolute Gasteiger partial charge is 0.311 e. The number of hydrogen-bond donors (Lipinski definition) is 1. The van der Waals surface area contributed by atoms with Crippen LogP contribution in [0.1, 0.15) is 31.4 Å². The summed E-state index contributed by atoms with van der Waals surface area (Å²) in [6.07, 6.45) is 1.91. The van der Waals surface area contributed by atoms with Crippen molar-refractivity contribution in [3.05, 3.63) is 46.8 Å². The van der Waals surface area contributed by atoms with Crippen LogP contribution in [-0.2, 0) is 22.4 Å². The van der Waals surface area contributed by atoms with Crippen molar-refractivity contribution in [2.45, 2.75) is 33.1 Å². The number of benzene rings is 1. The van der Waals surface area contributed by atoms with Gasteiger partial charge in [-0.1, -0.05) is 49.4 Å². The molecule has 4 rings (SSSR count). The molecule has 150 valence electrons. The van der Waals surface area contributed by atoms with Gasteiger partial charge in [0.1, 0.15) is 0 Å². The normalized spacial score (nSPS) is 16.4. The summed E-state index contributed by atoms with van der Waals surface area (Å²) in [7, 11) is 0. The number of carbonyl (C=O) groups excluding carboxylic acids is 2. The number of anilines is 2. The van der Waals surface area contributed by atoms with Gasteiger partial charge in [-0.3, -0.25) is 9.59 Å². The Morgan fingerprint density at radius 3 is 2.59 bits per heavy atom. The van der Waals surface area contributed by atoms with Gasteiger partial charge in [-0.25, -0.2) is 0 Å². The second kappa shape index (κ2) is 8.42. The highest BCUT2D eigenvalue weighted by molar-refractivity contribution is 7.23. The lowest BCUT2D eigenvalue weighted by molar-refractivity contribution is -0.122. The molecule has 8 heteroatoms. The number of hydrogen-bond acceptors (Lipinski definition) is 6. The topological polar surface area (TPSA) is 75.2 Å². The molecule has 1 saturated heterocycles. The van der Waals surface area contributed by atoms with Gasteiger partial charge < -0.3 is 10.2 Å². The number of carbonyl (C=O) groups is 2. The quantitative estimate of drug-likeness (QED) is 0.635. The standard InChI is InChI=1S/C21H22N4O2S2/c1-3-13-7-5-8-14(4-2)18(13)25-12-15(11-17(25)26)19(27)22-21-24-23-20(29-21)16-9-6-10-28-16/h5-10,15H,3-4,11-12H2,1-2H3,(H,22,24,27). The van der Waals surface area contributed by atoms with E-state index in [1.54, 1.807) is 16.2 Å². The second-order valence-electron chi connectivity index (χ2n) is 6.92. The maximum absolute atomic E-state index is 12.8. The van der Waals surface area contributed by atoms with Crippen LogP contribution < -0.4 is 10.2 Å². The summed E-state index contributed by atoms with van der Waals surface area (Å²) in [5, 5.41) is 14.3. The maximum atomic E-state index is 12.8. The summed E-state index contributed by atoms with van der Waals surface area (Å²) in [4.78, 5) is 28.4. The minimum atomic E-state index is -0.397. The van der Waals surface area contributed by atoms with Gasteiger partial charge in [-0.2, -0.15) is 0 Å². The molecule has 1 atom stereocenters. The Kier molecular flexibility index (Phi) is 5.73. The van der Waals surface area contributed by atoms with E-state index in [4.69, 9.17) is 0 Å². The maximum Gasteiger partial charge on any atom is 0.231 e. The van der Waals surface area contributed by atoms with Crippen LogP contribution in [0.15, 0.2) is 35.7 Å². The Balaban J connectivity index is 1.49. The summed E-state index contributed by atoms with van der Waals surface area (Å²) in [5.74, 6) is -0.578. The smallest absolute Gasteiger partial charge is 0.231 e. The molecule has 0 saturated carbocycles. The highest BCUT2D eigenvalue weighted by Gasteiger charge is 2.37. The van der Waals surface area contributed by atoms with Gasteiger partial charge in [-0.05, 0) is 35.4 Å². The first kappa shape index (κ1) is 19.7. The van der Waals surface area contributed by atoms with E-state index >= 15 is 0 Å². The van der Waals surface area contributed by atoms with Crippen molar-refractivity contribution >= 4 is 45.3 Å². The summed E-state index contributed by atoms with van der Waals surface area (Å²) >= 11 is 2.93. The SMILES string of the molecule is CCc1cccc(CC)c1N1CC(C(=O)Nc2nnc(-c3cccs3)s2)CC1=O. The summed E-state index contributed by atoms with van der Waals surface area (Å²) in [6.45, 7) is 4.57. The van der Waals surface area contributed by atoms with Crippen LogP contribution in [0.5, 0.6) is 0 Å². The number of para-hydroxylation sites is 1. The molecular weight excluding hydrogens is 404 g/mol. The van der Waals surface area contributed by atoms with Crippen molar-refractivity contribution in [1.29, 1.82) is 0 Å². The molecule has 0 spiro atoms. The van der Waals surface area contributed by atoms with Crippen LogP contribution in [0.4, 0.5) is 10.8 Å². The molecule has 1 fully saturated rings. The number of amides is 2. The molecule has 1 aliphatic heterocycles. The molecule has 2 aromatic heterocycles. The molecule has 1 aromatic carbocycles. The minimum Gasteiger partial charge on any atom is -0.311 e. The van der Waals surface area contributed by atoms with Gasteiger partial charge in [0.15, 0.2) is 5.01 Å². The van der Waals surface area contributed by atoms with Crippen LogP contribution in [0, 0.1) is 5.92 Å². The molecule has 6 nitrogen and oxygen atoms in total. The van der Waals surface area contributed by atoms with Crippen molar-refractivity contribution in [1.82, 2.24) is 10.2 Å². The van der Waals surface area contributed by atoms with Gasteiger partial charge in [-0.15, -0.1) is 21.5 Å². The van der Waals surface area contributed by atoms with Crippen molar-refractivity contribution in [2.24, 2.45) is 5.92 Å². The average Bonchev–Trinajstić information content (AvgIpc) is 3.48. The fourth-order valence-corrected chi connectivity index (χ4v) is 5.18. The second-order valence-corrected chi connectivity index (χ2v) is 8.84. The summed E-state index contributed by atoms with van der Waals surface area (Å²) < 4.78 is 0. The molecule has 1 N–H and O–H groups in total. The first-order valence-corrected chi connectivity index (χ1v) is 11.4. The van der Waals surface area contributed by atoms with Crippen molar-refractivity contribution < 1.29 is 9.59 Å². The van der Waals surface area contributed by atoms with Gasteiger partial charge in [0.25, 0.3) is 0 Å². The van der Waals surface area contributed by atoms with E-state index in [0.717, 1.165) is 39.5 Å². The zero-order valence-electron chi connectivity index (χ0n) is 16.3. The fourth-order valence-electron chi connectivity index (χ4n) is 3.64. The van der Waals surface area contributed by atoms with Gasteiger partial charge >= 0.3 is 0 Å². The van der Waals surface area contributed by atoms with Gasteiger partial charge in [0.05, 0.1) is 10.8 Å². The molecule has 29 heavy (non-hydrogen) atoms. The van der Waals surface area contributed by atoms with E-state index in [1.165, 1.54) is 11.3 Å². The average molecular weight is 427 g/mol. The third-order valence-electron chi connectivity index (χ3n) is 5.12. The lowest BCUT2D eigenvalue weighted by Crippen LogP contribution is -2.29. The first-order valence-electron chi connectivity index (χ1n) is 9.70. The van der Waals surface area contributed by atoms with E-state index < -0.39 is 5.92 Å². The van der Waals surface area contributed by atoms with Gasteiger partial charge in [0, 0.05) is 18.7 Å². The molecule has 1 unspecified atom stereocenters. The Bertz CT molecular complexity index is 1010. The number of thiophene rings is 1. The van der Waals surface area contributed by atoms with Crippen LogP contribution in [0.25, 0.3) is 9.88 Å². The van der Waals surface area contributed by atoms with Crippen molar-refractivity contribution in [3.8, 4) is 9.88 Å². The fraction of sp³-hybridized carbons (Fsp3) is 0.333. The number of rotatable bonds is 6. The third-order valence-corrected chi connectivity index (χ3v) is 7.00. The highest BCUT2D eigenvalue weighted by atomic mass is 32.1. The van der Waals surface area contributed by atoms with Crippen LogP contribution in [0.3, 0.4) is 0 Å². The van der Waals surface area contributed by atoms with E-state index in [0.29, 0.717) is 11.7 Å². The zero-order chi connectivity index (χ0) is 20.4. The van der Waals surface area contributed by atoms with Crippen molar-refractivity contribution in [3.63, 3.8) is 0 Å². The molecule has 0 bridgehead atoms. The third kappa shape index (κ3) is 3.95. The summed E-state index contributed by atoms with van der Waals surface area (Å²) in [5.41, 5.74) is 3.26. The lowest BCUT2D eigenvalue weighted by Gasteiger charge is -2.23. The molecule has 3 heterocycles. The van der Waals surface area contributed by atoms with Crippen LogP contribution in [0.2, 0.25) is 0 Å². The van der Waals surface area contributed by atoms with E-state index in [1.807, 2.05) is 23.6 Å². The summed E-state index contributed by atoms with van der Waals surface area (Å²) in [6, 6.07) is 10.1. The zero-order valence-corrected chi connectivity index (χ0v) is 18.0. The Morgan fingerprint density at radius 2 is 1.93 bits per heavy atom. The minimum absolute atomic E-state index is 0.00251. The Morgan fingerprint density at radius 1 is 1.17 bits per heavy atom. The van der Waals surface area contributed by atoms with Gasteiger partial charge in [0.2, 0.25) is 16.9 Å². The predicted molar refractivity (Wildman–Crippen MR) is 118 cm³/mol. The molecule has 1 aliphatic rings. The van der Waals surface area contributed by atoms with E-state index in [9.17, 15) is 9.59 Å². The monoisotopic (exact) mass is 426 g/mol. The van der Waals surface area contributed by atoms with Crippen LogP contribution >= 0.6 is 22.7 Å². The van der Waals surface area contributed by atoms with Crippen LogP contribution in [-0.4, -0.2) is 28.6 Å². The molecule has 0 aliphatic carbocycles. The predicted octanol–water partition coefficient (Wildman–Crippen LogP) is 4.38. The number of aromatic nitrogens is 2. The number of nitrogens with one attached hydrogen (secondary N) is 1. The van der Waals surface area contributed by atoms with E-state index in [2.05, 4.69) is 41.5 Å². The highest BCUT2D eigenvalue weighted by Crippen LogP contribution is 2.34. The lowest BCUT2D eigenvalue weighted by atomic mass is 10.0. The van der Waals surface area contributed by atoms with E-state index in [-0.39, 0.29) is 18.2 Å². The Labute approximate surface area is 177 Å². The molecule has 2 amide bonds. The molecular formula is C21H22N4O2S2.